The normalized spacial score (nSPS) is 17.3. The van der Waals surface area contributed by atoms with Gasteiger partial charge in [0.15, 0.2) is 5.58 Å². The van der Waals surface area contributed by atoms with Crippen LogP contribution in [-0.4, -0.2) is 53.2 Å². The maximum Gasteiger partial charge on any atom is 0.410 e. The maximum absolute atomic E-state index is 12.2. The topological polar surface area (TPSA) is 102 Å². The van der Waals surface area contributed by atoms with Crippen LogP contribution in [0.3, 0.4) is 0 Å². The highest BCUT2D eigenvalue weighted by Crippen LogP contribution is 2.27. The molecule has 1 aliphatic rings. The number of benzene rings is 1. The molecule has 1 aliphatic heterocycles. The van der Waals surface area contributed by atoms with Crippen LogP contribution in [0.5, 0.6) is 0 Å². The zero-order valence-corrected chi connectivity index (χ0v) is 16.0. The summed E-state index contributed by atoms with van der Waals surface area (Å²) < 4.78 is 11.1. The molecule has 2 heterocycles. The number of hydrogen-bond acceptors (Lipinski definition) is 7. The van der Waals surface area contributed by atoms with Gasteiger partial charge in [0, 0.05) is 38.8 Å². The van der Waals surface area contributed by atoms with E-state index in [9.17, 15) is 14.9 Å². The Morgan fingerprint density at radius 3 is 2.89 bits per heavy atom. The first-order valence-corrected chi connectivity index (χ1v) is 8.86. The third-order valence-electron chi connectivity index (χ3n) is 4.37. The lowest BCUT2D eigenvalue weighted by atomic mass is 10.1. The number of nitro benzene ring substituents is 1. The number of ether oxygens (including phenoxy) is 1. The summed E-state index contributed by atoms with van der Waals surface area (Å²) in [4.78, 5) is 30.5. The smallest absolute Gasteiger partial charge is 0.410 e. The van der Waals surface area contributed by atoms with Gasteiger partial charge in [-0.05, 0) is 39.2 Å². The minimum atomic E-state index is -0.507. The number of aromatic nitrogens is 1. The molecule has 0 spiro atoms. The summed E-state index contributed by atoms with van der Waals surface area (Å²) in [7, 11) is 1.86. The Labute approximate surface area is 157 Å². The highest BCUT2D eigenvalue weighted by Gasteiger charge is 2.31. The summed E-state index contributed by atoms with van der Waals surface area (Å²) in [6, 6.07) is 4.75. The number of non-ortho nitro benzene ring substituents is 1. The van der Waals surface area contributed by atoms with Crippen LogP contribution in [0, 0.1) is 16.0 Å². The van der Waals surface area contributed by atoms with Crippen molar-refractivity contribution in [2.45, 2.75) is 32.8 Å². The largest absolute Gasteiger partial charge is 0.444 e. The Balaban J connectivity index is 1.62. The fourth-order valence-electron chi connectivity index (χ4n) is 3.12. The summed E-state index contributed by atoms with van der Waals surface area (Å²) in [6.07, 6.45) is 0.580. The van der Waals surface area contributed by atoms with Crippen LogP contribution in [0.15, 0.2) is 22.6 Å². The van der Waals surface area contributed by atoms with Gasteiger partial charge in [-0.3, -0.25) is 10.1 Å². The number of hydrogen-bond donors (Lipinski definition) is 0. The number of nitro groups is 1. The van der Waals surface area contributed by atoms with E-state index in [0.717, 1.165) is 6.42 Å². The molecule has 0 N–H and O–H groups in total. The molecule has 0 radical (unpaired) electrons. The van der Waals surface area contributed by atoms with Crippen LogP contribution in [0.1, 0.15) is 27.2 Å². The molecule has 0 saturated carbocycles. The molecule has 1 aromatic heterocycles. The van der Waals surface area contributed by atoms with Gasteiger partial charge < -0.3 is 19.0 Å². The molecule has 1 aromatic carbocycles. The van der Waals surface area contributed by atoms with E-state index in [2.05, 4.69) is 4.98 Å². The van der Waals surface area contributed by atoms with Gasteiger partial charge in [0.25, 0.3) is 11.7 Å². The van der Waals surface area contributed by atoms with Crippen molar-refractivity contribution in [3.05, 3.63) is 28.3 Å². The predicted molar refractivity (Wildman–Crippen MR) is 99.8 cm³/mol. The molecule has 146 valence electrons. The molecule has 1 fully saturated rings. The Bertz CT molecular complexity index is 857. The van der Waals surface area contributed by atoms with E-state index in [-0.39, 0.29) is 17.7 Å². The molecular weight excluding hydrogens is 352 g/mol. The van der Waals surface area contributed by atoms with Gasteiger partial charge in [-0.2, -0.15) is 4.98 Å². The van der Waals surface area contributed by atoms with Gasteiger partial charge in [0.05, 0.1) is 4.92 Å². The van der Waals surface area contributed by atoms with Gasteiger partial charge in [-0.15, -0.1) is 0 Å². The highest BCUT2D eigenvalue weighted by atomic mass is 16.6. The number of likely N-dealkylation sites (tertiary alicyclic amines) is 1. The van der Waals surface area contributed by atoms with Crippen molar-refractivity contribution in [1.82, 2.24) is 9.88 Å². The average molecular weight is 376 g/mol. The molecule has 9 heteroatoms. The second-order valence-electron chi connectivity index (χ2n) is 7.87. The van der Waals surface area contributed by atoms with Crippen molar-refractivity contribution in [2.24, 2.45) is 5.92 Å². The van der Waals surface area contributed by atoms with E-state index < -0.39 is 10.5 Å². The first-order chi connectivity index (χ1) is 12.6. The van der Waals surface area contributed by atoms with Crippen LogP contribution in [0.25, 0.3) is 11.1 Å². The maximum atomic E-state index is 12.2. The van der Waals surface area contributed by atoms with E-state index in [0.29, 0.717) is 36.7 Å². The Morgan fingerprint density at radius 2 is 2.22 bits per heavy atom. The minimum Gasteiger partial charge on any atom is -0.444 e. The average Bonchev–Trinajstić information content (AvgIpc) is 3.18. The summed E-state index contributed by atoms with van der Waals surface area (Å²) in [6.45, 7) is 7.49. The van der Waals surface area contributed by atoms with Crippen molar-refractivity contribution >= 4 is 28.9 Å². The lowest BCUT2D eigenvalue weighted by Gasteiger charge is -2.25. The zero-order chi connectivity index (χ0) is 19.8. The SMILES string of the molecule is CN(C[C@@H]1CCN(C(=O)OC(C)(C)C)C1)c1nc2cc([N+](=O)[O-])ccc2o1. The predicted octanol–water partition coefficient (Wildman–Crippen LogP) is 3.43. The second-order valence-corrected chi connectivity index (χ2v) is 7.87. The molecular formula is C18H24N4O5. The van der Waals surface area contributed by atoms with E-state index >= 15 is 0 Å². The van der Waals surface area contributed by atoms with Crippen molar-refractivity contribution in [3.8, 4) is 0 Å². The number of carbonyl (C=O) groups is 1. The van der Waals surface area contributed by atoms with Crippen molar-refractivity contribution < 1.29 is 18.9 Å². The first kappa shape index (κ1) is 18.9. The lowest BCUT2D eigenvalue weighted by Crippen LogP contribution is -2.36. The van der Waals surface area contributed by atoms with Crippen LogP contribution >= 0.6 is 0 Å². The summed E-state index contributed by atoms with van der Waals surface area (Å²) in [5, 5.41) is 10.9. The summed E-state index contributed by atoms with van der Waals surface area (Å²) in [5.41, 5.74) is 0.429. The number of carbonyl (C=O) groups excluding carboxylic acids is 1. The molecule has 1 saturated heterocycles. The van der Waals surface area contributed by atoms with Gasteiger partial charge in [0.2, 0.25) is 0 Å². The van der Waals surface area contributed by atoms with Gasteiger partial charge in [-0.25, -0.2) is 4.79 Å². The van der Waals surface area contributed by atoms with Crippen LogP contribution in [0.4, 0.5) is 16.5 Å². The molecule has 27 heavy (non-hydrogen) atoms. The number of rotatable bonds is 4. The van der Waals surface area contributed by atoms with Crippen LogP contribution < -0.4 is 4.90 Å². The minimum absolute atomic E-state index is 0.0196. The Hall–Kier alpha value is -2.84. The van der Waals surface area contributed by atoms with Gasteiger partial charge >= 0.3 is 6.09 Å². The molecule has 1 atom stereocenters. The van der Waals surface area contributed by atoms with Crippen molar-refractivity contribution in [1.29, 1.82) is 0 Å². The quantitative estimate of drug-likeness (QED) is 0.595. The molecule has 0 unspecified atom stereocenters. The van der Waals surface area contributed by atoms with Gasteiger partial charge in [-0.1, -0.05) is 0 Å². The zero-order valence-electron chi connectivity index (χ0n) is 16.0. The molecule has 3 rings (SSSR count). The third-order valence-corrected chi connectivity index (χ3v) is 4.37. The van der Waals surface area contributed by atoms with Crippen molar-refractivity contribution in [2.75, 3.05) is 31.6 Å². The molecule has 2 aromatic rings. The fraction of sp³-hybridized carbons (Fsp3) is 0.556. The van der Waals surface area contributed by atoms with E-state index in [1.165, 1.54) is 12.1 Å². The van der Waals surface area contributed by atoms with Crippen LogP contribution in [-0.2, 0) is 4.74 Å². The number of nitrogens with zero attached hydrogens (tertiary/aromatic N) is 4. The van der Waals surface area contributed by atoms with Crippen molar-refractivity contribution in [3.63, 3.8) is 0 Å². The highest BCUT2D eigenvalue weighted by molar-refractivity contribution is 5.77. The van der Waals surface area contributed by atoms with Crippen LogP contribution in [0.2, 0.25) is 0 Å². The molecule has 1 amide bonds. The summed E-state index contributed by atoms with van der Waals surface area (Å²) >= 11 is 0. The standard InChI is InChI=1S/C18H24N4O5/c1-18(2,3)27-17(23)21-8-7-12(11-21)10-20(4)16-19-14-9-13(22(24)25)5-6-15(14)26-16/h5-6,9,12H,7-8,10-11H2,1-4H3/t12-/m0/s1. The Kier molecular flexibility index (Phi) is 4.95. The van der Waals surface area contributed by atoms with E-state index in [1.807, 2.05) is 32.7 Å². The number of oxazole rings is 1. The molecule has 0 bridgehead atoms. The number of anilines is 1. The fourth-order valence-corrected chi connectivity index (χ4v) is 3.12. The summed E-state index contributed by atoms with van der Waals surface area (Å²) in [5.74, 6) is 0.270. The number of fused-ring (bicyclic) bond motifs is 1. The third kappa shape index (κ3) is 4.47. The second kappa shape index (κ2) is 7.05. The monoisotopic (exact) mass is 376 g/mol. The van der Waals surface area contributed by atoms with E-state index in [1.54, 1.807) is 11.0 Å². The lowest BCUT2D eigenvalue weighted by molar-refractivity contribution is -0.384. The van der Waals surface area contributed by atoms with Gasteiger partial charge in [0.1, 0.15) is 11.1 Å². The molecule has 0 aliphatic carbocycles. The molecule has 9 nitrogen and oxygen atoms in total. The number of amides is 1. The first-order valence-electron chi connectivity index (χ1n) is 8.86. The Morgan fingerprint density at radius 1 is 1.48 bits per heavy atom. The van der Waals surface area contributed by atoms with E-state index in [4.69, 9.17) is 9.15 Å².